The van der Waals surface area contributed by atoms with Crippen LogP contribution < -0.4 is 5.11 Å². The van der Waals surface area contributed by atoms with E-state index in [1.807, 2.05) is 0 Å². The van der Waals surface area contributed by atoms with Crippen molar-refractivity contribution < 1.29 is 14.7 Å². The molecule has 2 aliphatic heterocycles. The third-order valence-electron chi connectivity index (χ3n) is 2.54. The number of allylic oxidation sites excluding steroid dienone is 2. The molecular formula is C10H9N2O3-. The van der Waals surface area contributed by atoms with Gasteiger partial charge in [-0.25, -0.2) is 0 Å². The molecule has 0 N–H and O–H groups in total. The van der Waals surface area contributed by atoms with Crippen molar-refractivity contribution in [2.75, 3.05) is 0 Å². The van der Waals surface area contributed by atoms with Gasteiger partial charge in [-0.05, 0) is 19.1 Å². The highest BCUT2D eigenvalue weighted by Gasteiger charge is 2.45. The van der Waals surface area contributed by atoms with Gasteiger partial charge in [-0.15, -0.1) is 0 Å². The van der Waals surface area contributed by atoms with Gasteiger partial charge in [-0.1, -0.05) is 6.08 Å². The van der Waals surface area contributed by atoms with Crippen molar-refractivity contribution in [2.45, 2.75) is 18.9 Å². The van der Waals surface area contributed by atoms with Crippen molar-refractivity contribution in [2.24, 2.45) is 4.99 Å². The molecule has 5 nitrogen and oxygen atoms in total. The van der Waals surface area contributed by atoms with Gasteiger partial charge in [0.15, 0.2) is 0 Å². The van der Waals surface area contributed by atoms with E-state index < -0.39 is 17.4 Å². The summed E-state index contributed by atoms with van der Waals surface area (Å²) in [5.74, 6) is -1.23. The molecular weight excluding hydrogens is 196 g/mol. The molecule has 5 heteroatoms. The Morgan fingerprint density at radius 3 is 3.00 bits per heavy atom. The molecule has 78 valence electrons. The van der Waals surface area contributed by atoms with Crippen molar-refractivity contribution in [1.29, 1.82) is 0 Å². The highest BCUT2D eigenvalue weighted by Crippen LogP contribution is 2.29. The molecule has 0 spiro atoms. The second-order valence-electron chi connectivity index (χ2n) is 3.67. The summed E-state index contributed by atoms with van der Waals surface area (Å²) in [6.07, 6.45) is 6.42. The molecule has 1 unspecified atom stereocenters. The van der Waals surface area contributed by atoms with E-state index in [9.17, 15) is 14.7 Å². The van der Waals surface area contributed by atoms with E-state index >= 15 is 0 Å². The van der Waals surface area contributed by atoms with Crippen molar-refractivity contribution in [3.05, 3.63) is 24.4 Å². The lowest BCUT2D eigenvalue weighted by atomic mass is 9.95. The minimum Gasteiger partial charge on any atom is -0.550 e. The minimum absolute atomic E-state index is 0.364. The zero-order chi connectivity index (χ0) is 11.1. The van der Waals surface area contributed by atoms with Gasteiger partial charge in [-0.3, -0.25) is 4.79 Å². The minimum atomic E-state index is -1.26. The smallest absolute Gasteiger partial charge is 0.273 e. The zero-order valence-corrected chi connectivity index (χ0v) is 8.14. The average molecular weight is 205 g/mol. The maximum atomic E-state index is 11.6. The summed E-state index contributed by atoms with van der Waals surface area (Å²) < 4.78 is 0. The Balaban J connectivity index is 2.36. The number of carboxylic acids is 1. The average Bonchev–Trinajstić information content (AvgIpc) is 2.39. The van der Waals surface area contributed by atoms with E-state index in [1.54, 1.807) is 36.3 Å². The number of amides is 1. The summed E-state index contributed by atoms with van der Waals surface area (Å²) in [4.78, 5) is 27.6. The Morgan fingerprint density at radius 1 is 1.60 bits per heavy atom. The summed E-state index contributed by atoms with van der Waals surface area (Å²) in [5, 5.41) is 10.6. The number of carboxylic acid groups (broad SMARTS) is 1. The van der Waals surface area contributed by atoms with Gasteiger partial charge >= 0.3 is 0 Å². The van der Waals surface area contributed by atoms with Gasteiger partial charge in [0.1, 0.15) is 11.4 Å². The fraction of sp³-hybridized carbons (Fsp3) is 0.300. The number of carbonyl (C=O) groups excluding carboxylic acids is 2. The lowest BCUT2D eigenvalue weighted by Gasteiger charge is -2.33. The summed E-state index contributed by atoms with van der Waals surface area (Å²) in [6, 6.07) is 0. The molecule has 0 saturated heterocycles. The zero-order valence-electron chi connectivity index (χ0n) is 8.14. The Hall–Kier alpha value is -1.91. The summed E-state index contributed by atoms with van der Waals surface area (Å²) in [5.41, 5.74) is -1.14. The maximum absolute atomic E-state index is 11.6. The first-order valence-electron chi connectivity index (χ1n) is 4.51. The van der Waals surface area contributed by atoms with Gasteiger partial charge in [-0.2, -0.15) is 4.99 Å². The molecule has 2 rings (SSSR count). The van der Waals surface area contributed by atoms with E-state index in [0.29, 0.717) is 5.84 Å². The largest absolute Gasteiger partial charge is 0.550 e. The first-order valence-corrected chi connectivity index (χ1v) is 4.51. The van der Waals surface area contributed by atoms with E-state index in [-0.39, 0.29) is 6.42 Å². The number of nitrogens with zero attached hydrogens (tertiary/aromatic N) is 2. The van der Waals surface area contributed by atoms with Gasteiger partial charge < -0.3 is 14.8 Å². The van der Waals surface area contributed by atoms with Crippen LogP contribution in [0.2, 0.25) is 0 Å². The van der Waals surface area contributed by atoms with E-state index in [1.165, 1.54) is 0 Å². The van der Waals surface area contributed by atoms with Crippen LogP contribution in [0, 0.1) is 0 Å². The second kappa shape index (κ2) is 3.05. The van der Waals surface area contributed by atoms with Crippen molar-refractivity contribution >= 4 is 17.7 Å². The van der Waals surface area contributed by atoms with Gasteiger partial charge in [0.25, 0.3) is 5.91 Å². The maximum Gasteiger partial charge on any atom is 0.273 e. The molecule has 1 amide bonds. The molecule has 1 atom stereocenters. The monoisotopic (exact) mass is 205 g/mol. The highest BCUT2D eigenvalue weighted by atomic mass is 16.4. The lowest BCUT2D eigenvalue weighted by molar-refractivity contribution is -0.307. The van der Waals surface area contributed by atoms with Crippen LogP contribution in [-0.4, -0.2) is 28.2 Å². The van der Waals surface area contributed by atoms with E-state index in [0.717, 1.165) is 0 Å². The van der Waals surface area contributed by atoms with Crippen LogP contribution in [0.1, 0.15) is 13.3 Å². The quantitative estimate of drug-likeness (QED) is 0.592. The summed E-state index contributed by atoms with van der Waals surface area (Å²) in [6.45, 7) is 1.55. The summed E-state index contributed by atoms with van der Waals surface area (Å²) >= 11 is 0. The topological polar surface area (TPSA) is 72.8 Å². The van der Waals surface area contributed by atoms with Crippen LogP contribution in [-0.2, 0) is 9.59 Å². The van der Waals surface area contributed by atoms with Crippen LogP contribution in [0.25, 0.3) is 0 Å². The molecule has 0 aliphatic carbocycles. The van der Waals surface area contributed by atoms with Crippen LogP contribution in [0.4, 0.5) is 0 Å². The third kappa shape index (κ3) is 1.36. The molecule has 0 fully saturated rings. The molecule has 0 aromatic rings. The van der Waals surface area contributed by atoms with Crippen LogP contribution in [0.5, 0.6) is 0 Å². The lowest BCUT2D eigenvalue weighted by Crippen LogP contribution is -2.50. The SMILES string of the molecule is CC1(CC(=O)[O-])C(=O)N=C2C=CC=CN21. The Labute approximate surface area is 86.4 Å². The fourth-order valence-electron chi connectivity index (χ4n) is 1.71. The Kier molecular flexibility index (Phi) is 1.96. The number of hydrogen-bond acceptors (Lipinski definition) is 4. The number of carbonyl (C=O) groups is 2. The first-order chi connectivity index (χ1) is 7.04. The van der Waals surface area contributed by atoms with Crippen LogP contribution in [0.3, 0.4) is 0 Å². The van der Waals surface area contributed by atoms with E-state index in [4.69, 9.17) is 0 Å². The summed E-state index contributed by atoms with van der Waals surface area (Å²) in [7, 11) is 0. The second-order valence-corrected chi connectivity index (χ2v) is 3.67. The normalized spacial score (nSPS) is 27.9. The van der Waals surface area contributed by atoms with Gasteiger partial charge in [0.2, 0.25) is 0 Å². The van der Waals surface area contributed by atoms with Crippen molar-refractivity contribution in [3.63, 3.8) is 0 Å². The van der Waals surface area contributed by atoms with Gasteiger partial charge in [0.05, 0.1) is 0 Å². The molecule has 0 aromatic carbocycles. The van der Waals surface area contributed by atoms with Crippen LogP contribution >= 0.6 is 0 Å². The van der Waals surface area contributed by atoms with Crippen molar-refractivity contribution in [1.82, 2.24) is 4.90 Å². The van der Waals surface area contributed by atoms with Gasteiger partial charge in [0, 0.05) is 18.6 Å². The number of aliphatic imine (C=N–C) groups is 1. The number of fused-ring (bicyclic) bond motifs is 1. The number of hydrogen-bond donors (Lipinski definition) is 0. The molecule has 15 heavy (non-hydrogen) atoms. The molecule has 2 aliphatic rings. The Morgan fingerprint density at radius 2 is 2.33 bits per heavy atom. The Bertz CT molecular complexity index is 422. The molecule has 0 saturated carbocycles. The number of amidine groups is 1. The first kappa shape index (κ1) is 9.64. The molecule has 0 radical (unpaired) electrons. The molecule has 0 aromatic heterocycles. The third-order valence-corrected chi connectivity index (χ3v) is 2.54. The number of aliphatic carboxylic acids is 1. The highest BCUT2D eigenvalue weighted by molar-refractivity contribution is 6.12. The fourth-order valence-corrected chi connectivity index (χ4v) is 1.71. The van der Waals surface area contributed by atoms with E-state index in [2.05, 4.69) is 4.99 Å². The van der Waals surface area contributed by atoms with Crippen LogP contribution in [0.15, 0.2) is 29.4 Å². The standard InChI is InChI=1S/C10H10N2O3/c1-10(6-8(13)14)9(15)11-7-4-2-3-5-12(7)10/h2-5H,6H2,1H3,(H,13,14)/p-1. The molecule has 2 heterocycles. The molecule has 0 bridgehead atoms. The predicted octanol–water partition coefficient (Wildman–Crippen LogP) is -0.791. The number of rotatable bonds is 2. The van der Waals surface area contributed by atoms with Crippen molar-refractivity contribution in [3.8, 4) is 0 Å². The predicted molar refractivity (Wildman–Crippen MR) is 50.6 cm³/mol.